The molecule has 0 spiro atoms. The largest absolute Gasteiger partial charge is 0.388 e. The fourth-order valence-corrected chi connectivity index (χ4v) is 2.49. The molecule has 82 valence electrons. The third-order valence-electron chi connectivity index (χ3n) is 3.22. The van der Waals surface area contributed by atoms with Crippen LogP contribution in [0.4, 0.5) is 0 Å². The number of hydrogen-bond donors (Lipinski definition) is 1. The second kappa shape index (κ2) is 5.04. The fraction of sp³-hybridized carbons (Fsp3) is 0.538. The predicted molar refractivity (Wildman–Crippen MR) is 66.4 cm³/mol. The molecule has 0 radical (unpaired) electrons. The normalized spacial score (nSPS) is 18.5. The van der Waals surface area contributed by atoms with Gasteiger partial charge in [0.05, 0.1) is 6.10 Å². The molecule has 1 nitrogen and oxygen atoms in total. The van der Waals surface area contributed by atoms with Crippen molar-refractivity contribution in [3.63, 3.8) is 0 Å². The van der Waals surface area contributed by atoms with Gasteiger partial charge in [-0.3, -0.25) is 0 Å². The van der Waals surface area contributed by atoms with E-state index in [1.165, 1.54) is 24.8 Å². The number of rotatable bonds is 4. The fourth-order valence-electron chi connectivity index (χ4n) is 1.99. The van der Waals surface area contributed by atoms with Gasteiger partial charge in [-0.05, 0) is 36.1 Å². The summed E-state index contributed by atoms with van der Waals surface area (Å²) in [5, 5.41) is 9.80. The average molecular weight is 222 g/mol. The SMILES string of the molecule is CSCC(O)c1ccc(C2CCC2)cc1. The Labute approximate surface area is 95.9 Å². The molecule has 0 amide bonds. The molecule has 2 heteroatoms. The van der Waals surface area contributed by atoms with E-state index in [1.807, 2.05) is 6.26 Å². The Morgan fingerprint density at radius 1 is 1.33 bits per heavy atom. The minimum Gasteiger partial charge on any atom is -0.388 e. The lowest BCUT2D eigenvalue weighted by molar-refractivity contribution is 0.204. The maximum absolute atomic E-state index is 9.80. The Kier molecular flexibility index (Phi) is 3.71. The van der Waals surface area contributed by atoms with Crippen LogP contribution in [0.2, 0.25) is 0 Å². The second-order valence-corrected chi connectivity index (χ2v) is 5.18. The van der Waals surface area contributed by atoms with Gasteiger partial charge in [0.25, 0.3) is 0 Å². The molecule has 0 aromatic heterocycles. The van der Waals surface area contributed by atoms with Crippen molar-refractivity contribution in [1.82, 2.24) is 0 Å². The maximum atomic E-state index is 9.80. The molecule has 0 heterocycles. The third kappa shape index (κ3) is 2.56. The van der Waals surface area contributed by atoms with Crippen molar-refractivity contribution in [2.24, 2.45) is 0 Å². The molecule has 0 saturated heterocycles. The maximum Gasteiger partial charge on any atom is 0.0880 e. The molecule has 2 rings (SSSR count). The molecule has 1 aromatic carbocycles. The zero-order valence-corrected chi connectivity index (χ0v) is 9.96. The van der Waals surface area contributed by atoms with E-state index in [4.69, 9.17) is 0 Å². The van der Waals surface area contributed by atoms with Crippen LogP contribution in [0.3, 0.4) is 0 Å². The number of thioether (sulfide) groups is 1. The summed E-state index contributed by atoms with van der Waals surface area (Å²) < 4.78 is 0. The third-order valence-corrected chi connectivity index (χ3v) is 3.87. The smallest absolute Gasteiger partial charge is 0.0880 e. The lowest BCUT2D eigenvalue weighted by Crippen LogP contribution is -2.09. The molecule has 0 bridgehead atoms. The summed E-state index contributed by atoms with van der Waals surface area (Å²) in [5.41, 5.74) is 2.49. The van der Waals surface area contributed by atoms with E-state index in [9.17, 15) is 5.11 Å². The van der Waals surface area contributed by atoms with E-state index >= 15 is 0 Å². The van der Waals surface area contributed by atoms with Crippen molar-refractivity contribution in [2.75, 3.05) is 12.0 Å². The topological polar surface area (TPSA) is 20.2 Å². The van der Waals surface area contributed by atoms with Crippen molar-refractivity contribution >= 4 is 11.8 Å². The Morgan fingerprint density at radius 2 is 2.00 bits per heavy atom. The first-order chi connectivity index (χ1) is 7.31. The van der Waals surface area contributed by atoms with Gasteiger partial charge in [-0.1, -0.05) is 30.7 Å². The summed E-state index contributed by atoms with van der Waals surface area (Å²) >= 11 is 1.68. The van der Waals surface area contributed by atoms with Crippen molar-refractivity contribution in [3.8, 4) is 0 Å². The molecule has 1 N–H and O–H groups in total. The van der Waals surface area contributed by atoms with Crippen LogP contribution in [-0.4, -0.2) is 17.1 Å². The van der Waals surface area contributed by atoms with Gasteiger partial charge >= 0.3 is 0 Å². The van der Waals surface area contributed by atoms with Crippen LogP contribution >= 0.6 is 11.8 Å². The van der Waals surface area contributed by atoms with Gasteiger partial charge in [-0.2, -0.15) is 11.8 Å². The summed E-state index contributed by atoms with van der Waals surface area (Å²) in [6.45, 7) is 0. The van der Waals surface area contributed by atoms with Crippen LogP contribution in [0.1, 0.15) is 42.4 Å². The minimum atomic E-state index is -0.310. The first-order valence-corrected chi connectivity index (χ1v) is 6.97. The second-order valence-electron chi connectivity index (χ2n) is 4.27. The van der Waals surface area contributed by atoms with Crippen LogP contribution in [0.25, 0.3) is 0 Å². The van der Waals surface area contributed by atoms with Gasteiger partial charge in [-0.15, -0.1) is 0 Å². The number of aliphatic hydroxyl groups excluding tert-OH is 1. The lowest BCUT2D eigenvalue weighted by atomic mass is 9.80. The quantitative estimate of drug-likeness (QED) is 0.843. The van der Waals surface area contributed by atoms with Gasteiger partial charge < -0.3 is 5.11 Å². The first kappa shape index (κ1) is 11.0. The highest BCUT2D eigenvalue weighted by molar-refractivity contribution is 7.98. The van der Waals surface area contributed by atoms with Gasteiger partial charge in [0.15, 0.2) is 0 Å². The van der Waals surface area contributed by atoms with Crippen LogP contribution in [0.5, 0.6) is 0 Å². The molecule has 1 aliphatic rings. The minimum absolute atomic E-state index is 0.310. The predicted octanol–water partition coefficient (Wildman–Crippen LogP) is 3.35. The zero-order valence-electron chi connectivity index (χ0n) is 9.15. The first-order valence-electron chi connectivity index (χ1n) is 5.58. The number of benzene rings is 1. The highest BCUT2D eigenvalue weighted by atomic mass is 32.2. The van der Waals surface area contributed by atoms with Crippen molar-refractivity contribution < 1.29 is 5.11 Å². The molecule has 1 unspecified atom stereocenters. The van der Waals surface area contributed by atoms with Crippen LogP contribution in [0, 0.1) is 0 Å². The Morgan fingerprint density at radius 3 is 2.47 bits per heavy atom. The number of aliphatic hydroxyl groups is 1. The summed E-state index contributed by atoms with van der Waals surface area (Å²) in [5.74, 6) is 1.57. The summed E-state index contributed by atoms with van der Waals surface area (Å²) in [6.07, 6.45) is 5.77. The Bertz CT molecular complexity index is 303. The molecule has 1 saturated carbocycles. The lowest BCUT2D eigenvalue weighted by Gasteiger charge is -2.26. The summed E-state index contributed by atoms with van der Waals surface area (Å²) in [7, 11) is 0. The molecular weight excluding hydrogens is 204 g/mol. The van der Waals surface area contributed by atoms with Gasteiger partial charge in [0, 0.05) is 5.75 Å². The Hall–Kier alpha value is -0.470. The van der Waals surface area contributed by atoms with Crippen LogP contribution < -0.4 is 0 Å². The van der Waals surface area contributed by atoms with E-state index in [0.717, 1.165) is 17.2 Å². The van der Waals surface area contributed by atoms with Gasteiger partial charge in [0.2, 0.25) is 0 Å². The van der Waals surface area contributed by atoms with E-state index in [2.05, 4.69) is 24.3 Å². The van der Waals surface area contributed by atoms with Crippen molar-refractivity contribution in [2.45, 2.75) is 31.3 Å². The van der Waals surface area contributed by atoms with Crippen LogP contribution in [0.15, 0.2) is 24.3 Å². The summed E-state index contributed by atoms with van der Waals surface area (Å²) in [4.78, 5) is 0. The van der Waals surface area contributed by atoms with E-state index in [1.54, 1.807) is 11.8 Å². The monoisotopic (exact) mass is 222 g/mol. The van der Waals surface area contributed by atoms with E-state index in [-0.39, 0.29) is 6.10 Å². The highest BCUT2D eigenvalue weighted by Crippen LogP contribution is 2.36. The van der Waals surface area contributed by atoms with Crippen LogP contribution in [-0.2, 0) is 0 Å². The molecule has 1 fully saturated rings. The summed E-state index contributed by atoms with van der Waals surface area (Å²) in [6, 6.07) is 8.52. The number of hydrogen-bond acceptors (Lipinski definition) is 2. The Balaban J connectivity index is 2.02. The van der Waals surface area contributed by atoms with Crippen molar-refractivity contribution in [3.05, 3.63) is 35.4 Å². The molecule has 0 aliphatic heterocycles. The van der Waals surface area contributed by atoms with Crippen molar-refractivity contribution in [1.29, 1.82) is 0 Å². The van der Waals surface area contributed by atoms with E-state index in [0.29, 0.717) is 0 Å². The molecule has 1 atom stereocenters. The zero-order chi connectivity index (χ0) is 10.7. The average Bonchev–Trinajstić information content (AvgIpc) is 2.16. The van der Waals surface area contributed by atoms with E-state index < -0.39 is 0 Å². The van der Waals surface area contributed by atoms with Gasteiger partial charge in [0.1, 0.15) is 0 Å². The molecular formula is C13H18OS. The molecule has 15 heavy (non-hydrogen) atoms. The molecule has 1 aliphatic carbocycles. The standard InChI is InChI=1S/C13H18OS/c1-15-9-13(14)12-7-5-11(6-8-12)10-3-2-4-10/h5-8,10,13-14H,2-4,9H2,1H3. The highest BCUT2D eigenvalue weighted by Gasteiger charge is 2.19. The molecule has 1 aromatic rings. The van der Waals surface area contributed by atoms with Gasteiger partial charge in [-0.25, -0.2) is 0 Å².